The molecule has 2 aromatic rings. The van der Waals surface area contributed by atoms with E-state index in [-0.39, 0.29) is 23.3 Å². The van der Waals surface area contributed by atoms with Crippen LogP contribution in [0.25, 0.3) is 6.08 Å². The molecule has 0 aromatic heterocycles. The molecular weight excluding hydrogens is 430 g/mol. The number of nitrogens with zero attached hydrogens (tertiary/aromatic N) is 2. The van der Waals surface area contributed by atoms with Crippen molar-refractivity contribution in [2.24, 2.45) is 0 Å². The molecule has 1 heterocycles. The van der Waals surface area contributed by atoms with Crippen molar-refractivity contribution in [3.05, 3.63) is 65.2 Å². The number of ether oxygens (including phenoxy) is 2. The highest BCUT2D eigenvalue weighted by Crippen LogP contribution is 2.30. The molecule has 0 unspecified atom stereocenters. The third-order valence-corrected chi connectivity index (χ3v) is 5.52. The molecule has 1 aliphatic heterocycles. The summed E-state index contributed by atoms with van der Waals surface area (Å²) in [6.07, 6.45) is 3.01. The highest BCUT2D eigenvalue weighted by Gasteiger charge is 2.24. The van der Waals surface area contributed by atoms with Crippen LogP contribution in [-0.4, -0.2) is 61.5 Å². The van der Waals surface area contributed by atoms with Crippen molar-refractivity contribution in [1.29, 1.82) is 0 Å². The van der Waals surface area contributed by atoms with Crippen LogP contribution < -0.4 is 9.47 Å². The molecule has 176 valence electrons. The third kappa shape index (κ3) is 6.31. The van der Waals surface area contributed by atoms with Gasteiger partial charge in [0, 0.05) is 37.8 Å². The lowest BCUT2D eigenvalue weighted by Gasteiger charge is -2.34. The van der Waals surface area contributed by atoms with Crippen LogP contribution in [0.5, 0.6) is 11.5 Å². The van der Waals surface area contributed by atoms with Gasteiger partial charge in [0.25, 0.3) is 5.91 Å². The summed E-state index contributed by atoms with van der Waals surface area (Å²) < 4.78 is 34.4. The Morgan fingerprint density at radius 2 is 1.58 bits per heavy atom. The molecule has 2 amide bonds. The number of alkyl halides is 2. The zero-order chi connectivity index (χ0) is 24.0. The summed E-state index contributed by atoms with van der Waals surface area (Å²) in [6.45, 7) is 3.04. The molecule has 1 aliphatic rings. The third-order valence-electron chi connectivity index (χ3n) is 5.52. The first kappa shape index (κ1) is 24.2. The number of benzene rings is 2. The topological polar surface area (TPSA) is 59.1 Å². The van der Waals surface area contributed by atoms with Crippen LogP contribution in [-0.2, 0) is 4.79 Å². The van der Waals surface area contributed by atoms with E-state index in [1.165, 1.54) is 30.9 Å². The maximum absolute atomic E-state index is 12.8. The largest absolute Gasteiger partial charge is 0.493 e. The summed E-state index contributed by atoms with van der Waals surface area (Å²) in [4.78, 5) is 28.8. The number of carbonyl (C=O) groups excluding carboxylic acids is 2. The van der Waals surface area contributed by atoms with Gasteiger partial charge in [-0.05, 0) is 47.4 Å². The highest BCUT2D eigenvalue weighted by molar-refractivity contribution is 5.95. The van der Waals surface area contributed by atoms with Gasteiger partial charge in [-0.1, -0.05) is 32.0 Å². The second-order valence-corrected chi connectivity index (χ2v) is 8.02. The van der Waals surface area contributed by atoms with Crippen LogP contribution in [0.1, 0.15) is 41.3 Å². The van der Waals surface area contributed by atoms with Gasteiger partial charge < -0.3 is 19.3 Å². The lowest BCUT2D eigenvalue weighted by molar-refractivity contribution is -0.127. The van der Waals surface area contributed by atoms with Crippen LogP contribution in [0.2, 0.25) is 0 Å². The molecule has 33 heavy (non-hydrogen) atoms. The molecule has 0 N–H and O–H groups in total. The first-order chi connectivity index (χ1) is 15.8. The number of methoxy groups -OCH3 is 1. The molecule has 0 aliphatic carbocycles. The highest BCUT2D eigenvalue weighted by atomic mass is 19.3. The molecule has 0 saturated carbocycles. The normalized spacial score (nSPS) is 14.3. The number of hydrogen-bond donors (Lipinski definition) is 0. The van der Waals surface area contributed by atoms with Crippen LogP contribution in [0, 0.1) is 0 Å². The molecule has 0 atom stereocenters. The number of rotatable bonds is 7. The van der Waals surface area contributed by atoms with Gasteiger partial charge in [0.15, 0.2) is 11.5 Å². The van der Waals surface area contributed by atoms with Gasteiger partial charge >= 0.3 is 6.61 Å². The smallest absolute Gasteiger partial charge is 0.387 e. The van der Waals surface area contributed by atoms with Crippen LogP contribution in [0.4, 0.5) is 8.78 Å². The molecule has 1 saturated heterocycles. The van der Waals surface area contributed by atoms with E-state index in [2.05, 4.69) is 18.6 Å². The van der Waals surface area contributed by atoms with E-state index >= 15 is 0 Å². The van der Waals surface area contributed by atoms with E-state index in [4.69, 9.17) is 4.74 Å². The van der Waals surface area contributed by atoms with E-state index in [9.17, 15) is 18.4 Å². The Hall–Kier alpha value is -3.42. The molecule has 3 rings (SSSR count). The minimum Gasteiger partial charge on any atom is -0.493 e. The molecular formula is C25H28F2N2O4. The van der Waals surface area contributed by atoms with Crippen molar-refractivity contribution < 1.29 is 27.8 Å². The first-order valence-electron chi connectivity index (χ1n) is 10.8. The summed E-state index contributed by atoms with van der Waals surface area (Å²) in [5, 5.41) is 0. The first-order valence-corrected chi connectivity index (χ1v) is 10.8. The predicted molar refractivity (Wildman–Crippen MR) is 122 cm³/mol. The number of amides is 2. The Bertz CT molecular complexity index is 998. The lowest BCUT2D eigenvalue weighted by Crippen LogP contribution is -2.50. The average Bonchev–Trinajstić information content (AvgIpc) is 2.82. The summed E-state index contributed by atoms with van der Waals surface area (Å²) in [5.74, 6) is 0.261. The zero-order valence-electron chi connectivity index (χ0n) is 19.0. The zero-order valence-corrected chi connectivity index (χ0v) is 19.0. The molecule has 6 nitrogen and oxygen atoms in total. The Labute approximate surface area is 192 Å². The summed E-state index contributed by atoms with van der Waals surface area (Å²) in [7, 11) is 1.35. The molecule has 2 aromatic carbocycles. The standard InChI is InChI=1S/C25H28F2N2O4/c1-17(2)19-6-8-20(9-7-19)24(31)29-14-12-28(13-15-29)23(30)11-5-18-4-10-21(33-25(26)27)22(16-18)32-3/h4-11,16-17,25H,12-15H2,1-3H3. The number of halogens is 2. The van der Waals surface area contributed by atoms with Crippen molar-refractivity contribution in [3.63, 3.8) is 0 Å². The fraction of sp³-hybridized carbons (Fsp3) is 0.360. The summed E-state index contributed by atoms with van der Waals surface area (Å²) in [6, 6.07) is 12.1. The van der Waals surface area contributed by atoms with Gasteiger partial charge in [-0.25, -0.2) is 0 Å². The monoisotopic (exact) mass is 458 g/mol. The van der Waals surface area contributed by atoms with E-state index in [1.54, 1.807) is 21.9 Å². The van der Waals surface area contributed by atoms with Crippen molar-refractivity contribution in [1.82, 2.24) is 9.80 Å². The Morgan fingerprint density at radius 3 is 2.15 bits per heavy atom. The van der Waals surface area contributed by atoms with Crippen molar-refractivity contribution >= 4 is 17.9 Å². The van der Waals surface area contributed by atoms with Gasteiger partial charge in [0.05, 0.1) is 7.11 Å². The quantitative estimate of drug-likeness (QED) is 0.577. The fourth-order valence-electron chi connectivity index (χ4n) is 3.58. The van der Waals surface area contributed by atoms with Crippen LogP contribution >= 0.6 is 0 Å². The Balaban J connectivity index is 1.56. The van der Waals surface area contributed by atoms with E-state index < -0.39 is 6.61 Å². The Kier molecular flexibility index (Phi) is 8.03. The molecule has 1 fully saturated rings. The van der Waals surface area contributed by atoms with Gasteiger partial charge in [0.1, 0.15) is 0 Å². The average molecular weight is 459 g/mol. The van der Waals surface area contributed by atoms with Crippen molar-refractivity contribution in [3.8, 4) is 11.5 Å². The predicted octanol–water partition coefficient (Wildman–Crippen LogP) is 4.42. The van der Waals surface area contributed by atoms with Gasteiger partial charge in [-0.15, -0.1) is 0 Å². The maximum Gasteiger partial charge on any atom is 0.387 e. The van der Waals surface area contributed by atoms with Crippen LogP contribution in [0.15, 0.2) is 48.5 Å². The maximum atomic E-state index is 12.8. The van der Waals surface area contributed by atoms with E-state index in [1.807, 2.05) is 24.3 Å². The second-order valence-electron chi connectivity index (χ2n) is 8.02. The van der Waals surface area contributed by atoms with Crippen molar-refractivity contribution in [2.75, 3.05) is 33.3 Å². The lowest BCUT2D eigenvalue weighted by atomic mass is 10.0. The molecule has 0 spiro atoms. The van der Waals surface area contributed by atoms with Gasteiger partial charge in [-0.3, -0.25) is 9.59 Å². The fourth-order valence-corrected chi connectivity index (χ4v) is 3.58. The van der Waals surface area contributed by atoms with Crippen molar-refractivity contribution in [2.45, 2.75) is 26.4 Å². The number of carbonyl (C=O) groups is 2. The van der Waals surface area contributed by atoms with Crippen LogP contribution in [0.3, 0.4) is 0 Å². The SMILES string of the molecule is COc1cc(C=CC(=O)N2CCN(C(=O)c3ccc(C(C)C)cc3)CC2)ccc1OC(F)F. The molecule has 0 bridgehead atoms. The number of hydrogen-bond acceptors (Lipinski definition) is 4. The van der Waals surface area contributed by atoms with Gasteiger partial charge in [-0.2, -0.15) is 8.78 Å². The minimum absolute atomic E-state index is 0.0360. The number of piperazine rings is 1. The Morgan fingerprint density at radius 1 is 0.939 bits per heavy atom. The summed E-state index contributed by atoms with van der Waals surface area (Å²) in [5.41, 5.74) is 2.44. The van der Waals surface area contributed by atoms with E-state index in [0.717, 1.165) is 0 Å². The minimum atomic E-state index is -2.95. The second kappa shape index (κ2) is 10.9. The summed E-state index contributed by atoms with van der Waals surface area (Å²) >= 11 is 0. The van der Waals surface area contributed by atoms with Gasteiger partial charge in [0.2, 0.25) is 5.91 Å². The van der Waals surface area contributed by atoms with E-state index in [0.29, 0.717) is 43.2 Å². The molecule has 8 heteroatoms. The molecule has 0 radical (unpaired) electrons.